The summed E-state index contributed by atoms with van der Waals surface area (Å²) in [5, 5.41) is 8.55. The third-order valence-corrected chi connectivity index (χ3v) is 2.76. The van der Waals surface area contributed by atoms with Crippen molar-refractivity contribution in [1.82, 2.24) is 0 Å². The first-order chi connectivity index (χ1) is 6.59. The Kier molecular flexibility index (Phi) is 4.14. The first-order valence-electron chi connectivity index (χ1n) is 4.57. The molecule has 0 amide bonds. The lowest BCUT2D eigenvalue weighted by molar-refractivity contribution is -0.137. The molecule has 0 bridgehead atoms. The van der Waals surface area contributed by atoms with Crippen molar-refractivity contribution in [3.63, 3.8) is 0 Å². The molecule has 0 aliphatic rings. The van der Waals surface area contributed by atoms with Gasteiger partial charge >= 0.3 is 5.97 Å². The van der Waals surface area contributed by atoms with Gasteiger partial charge in [-0.1, -0.05) is 35.0 Å². The predicted molar refractivity (Wildman–Crippen MR) is 59.4 cm³/mol. The summed E-state index contributed by atoms with van der Waals surface area (Å²) in [6.07, 6.45) is 0.925. The zero-order valence-electron chi connectivity index (χ0n) is 8.03. The molecule has 0 aliphatic carbocycles. The Morgan fingerprint density at radius 1 is 1.43 bits per heavy atom. The summed E-state index contributed by atoms with van der Waals surface area (Å²) in [5.74, 6) is -0.423. The Morgan fingerprint density at radius 2 is 2.00 bits per heavy atom. The van der Waals surface area contributed by atoms with Gasteiger partial charge in [0.25, 0.3) is 0 Å². The number of aliphatic carboxylic acids is 1. The van der Waals surface area contributed by atoms with Crippen LogP contribution >= 0.6 is 15.9 Å². The topological polar surface area (TPSA) is 37.3 Å². The Balaban J connectivity index is 2.56. The van der Waals surface area contributed by atoms with Crippen molar-refractivity contribution >= 4 is 21.9 Å². The molecule has 0 saturated carbocycles. The number of carboxylic acids is 1. The molecule has 0 radical (unpaired) electrons. The van der Waals surface area contributed by atoms with E-state index in [0.717, 1.165) is 4.47 Å². The molecule has 0 saturated heterocycles. The summed E-state index contributed by atoms with van der Waals surface area (Å²) >= 11 is 3.36. The van der Waals surface area contributed by atoms with Crippen LogP contribution in [-0.2, 0) is 4.79 Å². The van der Waals surface area contributed by atoms with Crippen molar-refractivity contribution in [3.05, 3.63) is 34.3 Å². The van der Waals surface area contributed by atoms with Gasteiger partial charge in [0.2, 0.25) is 0 Å². The first-order valence-corrected chi connectivity index (χ1v) is 5.36. The van der Waals surface area contributed by atoms with E-state index in [-0.39, 0.29) is 6.42 Å². The highest BCUT2D eigenvalue weighted by molar-refractivity contribution is 9.10. The summed E-state index contributed by atoms with van der Waals surface area (Å²) in [4.78, 5) is 10.4. The molecule has 0 aromatic heterocycles. The lowest BCUT2D eigenvalue weighted by atomic mass is 9.96. The quantitative estimate of drug-likeness (QED) is 0.897. The fourth-order valence-electron chi connectivity index (χ4n) is 1.30. The van der Waals surface area contributed by atoms with E-state index in [0.29, 0.717) is 12.3 Å². The number of benzene rings is 1. The second kappa shape index (κ2) is 5.15. The van der Waals surface area contributed by atoms with Crippen molar-refractivity contribution < 1.29 is 9.90 Å². The van der Waals surface area contributed by atoms with Crippen molar-refractivity contribution in [3.8, 4) is 0 Å². The number of carbonyl (C=O) groups is 1. The van der Waals surface area contributed by atoms with Crippen LogP contribution in [0, 0.1) is 0 Å². The fraction of sp³-hybridized carbons (Fsp3) is 0.364. The molecule has 0 unspecified atom stereocenters. The van der Waals surface area contributed by atoms with Gasteiger partial charge in [0.05, 0.1) is 0 Å². The summed E-state index contributed by atoms with van der Waals surface area (Å²) in [5.41, 5.74) is 1.19. The highest BCUT2D eigenvalue weighted by Gasteiger charge is 2.07. The monoisotopic (exact) mass is 256 g/mol. The van der Waals surface area contributed by atoms with Crippen LogP contribution < -0.4 is 0 Å². The van der Waals surface area contributed by atoms with Gasteiger partial charge in [-0.3, -0.25) is 4.79 Å². The standard InChI is InChI=1S/C11H13BrO2/c1-8(2-7-11(13)14)9-3-5-10(12)6-4-9/h3-6,8H,2,7H2,1H3,(H,13,14)/t8-/m0/s1. The van der Waals surface area contributed by atoms with Gasteiger partial charge in [0.15, 0.2) is 0 Å². The predicted octanol–water partition coefficient (Wildman–Crippen LogP) is 3.42. The van der Waals surface area contributed by atoms with Gasteiger partial charge in [-0.2, -0.15) is 0 Å². The van der Waals surface area contributed by atoms with Gasteiger partial charge in [-0.05, 0) is 30.0 Å². The Bertz CT molecular complexity index is 306. The molecule has 14 heavy (non-hydrogen) atoms. The lowest BCUT2D eigenvalue weighted by Gasteiger charge is -2.09. The minimum absolute atomic E-state index is 0.233. The molecule has 3 heteroatoms. The summed E-state index contributed by atoms with van der Waals surface area (Å²) in [6, 6.07) is 8.01. The number of hydrogen-bond acceptors (Lipinski definition) is 1. The van der Waals surface area contributed by atoms with Crippen LogP contribution in [0.4, 0.5) is 0 Å². The molecule has 0 aliphatic heterocycles. The second-order valence-corrected chi connectivity index (χ2v) is 4.30. The van der Waals surface area contributed by atoms with E-state index >= 15 is 0 Å². The van der Waals surface area contributed by atoms with E-state index < -0.39 is 5.97 Å². The smallest absolute Gasteiger partial charge is 0.303 e. The van der Waals surface area contributed by atoms with Gasteiger partial charge in [0, 0.05) is 10.9 Å². The lowest BCUT2D eigenvalue weighted by Crippen LogP contribution is -1.99. The third-order valence-electron chi connectivity index (χ3n) is 2.23. The SMILES string of the molecule is C[C@@H](CCC(=O)O)c1ccc(Br)cc1. The molecule has 1 aromatic carbocycles. The van der Waals surface area contributed by atoms with E-state index in [4.69, 9.17) is 5.11 Å². The normalized spacial score (nSPS) is 12.4. The molecule has 0 fully saturated rings. The van der Waals surface area contributed by atoms with Crippen LogP contribution in [-0.4, -0.2) is 11.1 Å². The molecule has 1 atom stereocenters. The van der Waals surface area contributed by atoms with E-state index in [2.05, 4.69) is 15.9 Å². The molecular formula is C11H13BrO2. The number of carboxylic acid groups (broad SMARTS) is 1. The molecule has 0 spiro atoms. The van der Waals surface area contributed by atoms with Crippen LogP contribution in [0.5, 0.6) is 0 Å². The van der Waals surface area contributed by atoms with Gasteiger partial charge in [-0.15, -0.1) is 0 Å². The van der Waals surface area contributed by atoms with E-state index in [1.165, 1.54) is 5.56 Å². The second-order valence-electron chi connectivity index (χ2n) is 3.39. The Morgan fingerprint density at radius 3 is 2.50 bits per heavy atom. The first kappa shape index (κ1) is 11.2. The fourth-order valence-corrected chi connectivity index (χ4v) is 1.56. The molecule has 76 valence electrons. The maximum atomic E-state index is 10.4. The summed E-state index contributed by atoms with van der Waals surface area (Å²) in [7, 11) is 0. The minimum Gasteiger partial charge on any atom is -0.481 e. The average molecular weight is 257 g/mol. The van der Waals surface area contributed by atoms with E-state index in [1.807, 2.05) is 31.2 Å². The van der Waals surface area contributed by atoms with Crippen molar-refractivity contribution in [2.75, 3.05) is 0 Å². The molecule has 2 nitrogen and oxygen atoms in total. The maximum absolute atomic E-state index is 10.4. The molecule has 1 N–H and O–H groups in total. The van der Waals surface area contributed by atoms with E-state index in [1.54, 1.807) is 0 Å². The van der Waals surface area contributed by atoms with Crippen LogP contribution in [0.1, 0.15) is 31.2 Å². The number of hydrogen-bond donors (Lipinski definition) is 1. The Labute approximate surface area is 92.1 Å². The maximum Gasteiger partial charge on any atom is 0.303 e. The summed E-state index contributed by atoms with van der Waals surface area (Å²) < 4.78 is 1.05. The van der Waals surface area contributed by atoms with E-state index in [9.17, 15) is 4.79 Å². The molecule has 1 aromatic rings. The number of halogens is 1. The number of rotatable bonds is 4. The highest BCUT2D eigenvalue weighted by Crippen LogP contribution is 2.22. The highest BCUT2D eigenvalue weighted by atomic mass is 79.9. The average Bonchev–Trinajstić information content (AvgIpc) is 2.15. The van der Waals surface area contributed by atoms with Gasteiger partial charge < -0.3 is 5.11 Å². The van der Waals surface area contributed by atoms with Gasteiger partial charge in [-0.25, -0.2) is 0 Å². The zero-order valence-corrected chi connectivity index (χ0v) is 9.62. The largest absolute Gasteiger partial charge is 0.481 e. The van der Waals surface area contributed by atoms with Crippen LogP contribution in [0.25, 0.3) is 0 Å². The van der Waals surface area contributed by atoms with Crippen LogP contribution in [0.3, 0.4) is 0 Å². The van der Waals surface area contributed by atoms with Crippen molar-refractivity contribution in [2.45, 2.75) is 25.7 Å². The van der Waals surface area contributed by atoms with Crippen molar-refractivity contribution in [1.29, 1.82) is 0 Å². The zero-order chi connectivity index (χ0) is 10.6. The third kappa shape index (κ3) is 3.50. The van der Waals surface area contributed by atoms with Crippen LogP contribution in [0.15, 0.2) is 28.7 Å². The summed E-state index contributed by atoms with van der Waals surface area (Å²) in [6.45, 7) is 2.05. The molecule has 1 rings (SSSR count). The van der Waals surface area contributed by atoms with Crippen LogP contribution in [0.2, 0.25) is 0 Å². The van der Waals surface area contributed by atoms with Crippen molar-refractivity contribution in [2.24, 2.45) is 0 Å². The van der Waals surface area contributed by atoms with Gasteiger partial charge in [0.1, 0.15) is 0 Å². The Hall–Kier alpha value is -0.830. The molecule has 0 heterocycles. The minimum atomic E-state index is -0.728. The molecular weight excluding hydrogens is 244 g/mol.